The van der Waals surface area contributed by atoms with Crippen molar-refractivity contribution in [3.8, 4) is 0 Å². The molecule has 0 spiro atoms. The van der Waals surface area contributed by atoms with Gasteiger partial charge in [-0.2, -0.15) is 0 Å². The van der Waals surface area contributed by atoms with Gasteiger partial charge in [0.25, 0.3) is 0 Å². The van der Waals surface area contributed by atoms with Crippen molar-refractivity contribution in [1.29, 1.82) is 0 Å². The SMILES string of the molecule is CCCCCCCCCCCCOC(=O)COCC(=O)OCCC. The minimum Gasteiger partial charge on any atom is -0.464 e. The molecule has 0 aromatic rings. The summed E-state index contributed by atoms with van der Waals surface area (Å²) in [5, 5.41) is 0. The van der Waals surface area contributed by atoms with E-state index >= 15 is 0 Å². The molecule has 0 saturated carbocycles. The molecule has 0 aromatic carbocycles. The molecule has 0 saturated heterocycles. The minimum absolute atomic E-state index is 0.195. The summed E-state index contributed by atoms with van der Waals surface area (Å²) in [5.41, 5.74) is 0. The summed E-state index contributed by atoms with van der Waals surface area (Å²) in [6, 6.07) is 0. The summed E-state index contributed by atoms with van der Waals surface area (Å²) in [4.78, 5) is 22.5. The second-order valence-electron chi connectivity index (χ2n) is 6.12. The number of esters is 2. The van der Waals surface area contributed by atoms with Crippen molar-refractivity contribution in [3.63, 3.8) is 0 Å². The van der Waals surface area contributed by atoms with Crippen molar-refractivity contribution < 1.29 is 23.8 Å². The smallest absolute Gasteiger partial charge is 0.332 e. The first kappa shape index (κ1) is 22.9. The Bertz CT molecular complexity index is 304. The maximum absolute atomic E-state index is 11.4. The third-order valence-corrected chi connectivity index (χ3v) is 3.67. The molecule has 0 radical (unpaired) electrons. The quantitative estimate of drug-likeness (QED) is 0.289. The molecule has 0 aliphatic rings. The number of carbonyl (C=O) groups is 2. The largest absolute Gasteiger partial charge is 0.464 e. The van der Waals surface area contributed by atoms with Crippen molar-refractivity contribution in [1.82, 2.24) is 0 Å². The van der Waals surface area contributed by atoms with E-state index in [-0.39, 0.29) is 13.2 Å². The number of carbonyl (C=O) groups excluding carboxylic acids is 2. The predicted molar refractivity (Wildman–Crippen MR) is 94.9 cm³/mol. The van der Waals surface area contributed by atoms with Crippen molar-refractivity contribution in [3.05, 3.63) is 0 Å². The van der Waals surface area contributed by atoms with Gasteiger partial charge in [0, 0.05) is 0 Å². The van der Waals surface area contributed by atoms with Gasteiger partial charge in [0.2, 0.25) is 0 Å². The highest BCUT2D eigenvalue weighted by Crippen LogP contribution is 2.10. The fourth-order valence-corrected chi connectivity index (χ4v) is 2.29. The molecule has 142 valence electrons. The molecule has 24 heavy (non-hydrogen) atoms. The fraction of sp³-hybridized carbons (Fsp3) is 0.895. The van der Waals surface area contributed by atoms with E-state index in [0.717, 1.165) is 19.3 Å². The topological polar surface area (TPSA) is 61.8 Å². The number of hydrogen-bond acceptors (Lipinski definition) is 5. The first-order valence-corrected chi connectivity index (χ1v) is 9.59. The molecule has 0 bridgehead atoms. The highest BCUT2D eigenvalue weighted by Gasteiger charge is 2.06. The van der Waals surface area contributed by atoms with Crippen molar-refractivity contribution in [2.75, 3.05) is 26.4 Å². The lowest BCUT2D eigenvalue weighted by Gasteiger charge is -2.06. The average molecular weight is 344 g/mol. The number of hydrogen-bond donors (Lipinski definition) is 0. The van der Waals surface area contributed by atoms with Crippen LogP contribution in [0.1, 0.15) is 84.5 Å². The van der Waals surface area contributed by atoms with Gasteiger partial charge in [0.05, 0.1) is 13.2 Å². The standard InChI is InChI=1S/C19H36O5/c1-3-5-6-7-8-9-10-11-12-13-15-24-19(21)17-22-16-18(20)23-14-4-2/h3-17H2,1-2H3. The monoisotopic (exact) mass is 344 g/mol. The van der Waals surface area contributed by atoms with E-state index in [1.54, 1.807) is 0 Å². The molecule has 5 nitrogen and oxygen atoms in total. The van der Waals surface area contributed by atoms with E-state index in [9.17, 15) is 9.59 Å². The maximum Gasteiger partial charge on any atom is 0.332 e. The number of ether oxygens (including phenoxy) is 3. The Labute approximate surface area is 147 Å². The first-order valence-electron chi connectivity index (χ1n) is 9.59. The second-order valence-corrected chi connectivity index (χ2v) is 6.12. The zero-order valence-corrected chi connectivity index (χ0v) is 15.6. The van der Waals surface area contributed by atoms with Crippen LogP contribution < -0.4 is 0 Å². The maximum atomic E-state index is 11.4. The normalized spacial score (nSPS) is 10.6. The summed E-state index contributed by atoms with van der Waals surface area (Å²) in [7, 11) is 0. The zero-order valence-electron chi connectivity index (χ0n) is 15.6. The van der Waals surface area contributed by atoms with Crippen LogP contribution in [-0.4, -0.2) is 38.4 Å². The van der Waals surface area contributed by atoms with Gasteiger partial charge in [-0.1, -0.05) is 71.6 Å². The Morgan fingerprint density at radius 3 is 1.54 bits per heavy atom. The van der Waals surface area contributed by atoms with Gasteiger partial charge in [-0.3, -0.25) is 0 Å². The van der Waals surface area contributed by atoms with Crippen LogP contribution in [0.5, 0.6) is 0 Å². The van der Waals surface area contributed by atoms with Crippen LogP contribution in [0.25, 0.3) is 0 Å². The van der Waals surface area contributed by atoms with E-state index in [0.29, 0.717) is 13.2 Å². The number of unbranched alkanes of at least 4 members (excludes halogenated alkanes) is 9. The average Bonchev–Trinajstić information content (AvgIpc) is 2.57. The molecule has 0 amide bonds. The molecule has 0 aliphatic carbocycles. The molecule has 0 N–H and O–H groups in total. The molecular weight excluding hydrogens is 308 g/mol. The molecule has 0 aliphatic heterocycles. The van der Waals surface area contributed by atoms with Crippen LogP contribution in [0.4, 0.5) is 0 Å². The molecule has 0 heterocycles. The van der Waals surface area contributed by atoms with Crippen LogP contribution in [0.15, 0.2) is 0 Å². The summed E-state index contributed by atoms with van der Waals surface area (Å²) >= 11 is 0. The van der Waals surface area contributed by atoms with Gasteiger partial charge in [-0.15, -0.1) is 0 Å². The van der Waals surface area contributed by atoms with Crippen molar-refractivity contribution >= 4 is 11.9 Å². The lowest BCUT2D eigenvalue weighted by atomic mass is 10.1. The molecule has 0 fully saturated rings. The fourth-order valence-electron chi connectivity index (χ4n) is 2.29. The lowest BCUT2D eigenvalue weighted by molar-refractivity contribution is -0.155. The third-order valence-electron chi connectivity index (χ3n) is 3.67. The van der Waals surface area contributed by atoms with Gasteiger partial charge >= 0.3 is 11.9 Å². The first-order chi connectivity index (χ1) is 11.7. The number of rotatable bonds is 17. The molecule has 0 aromatic heterocycles. The highest BCUT2D eigenvalue weighted by molar-refractivity contribution is 5.73. The summed E-state index contributed by atoms with van der Waals surface area (Å²) in [6.45, 7) is 4.57. The Hall–Kier alpha value is -1.10. The zero-order chi connectivity index (χ0) is 17.9. The lowest BCUT2D eigenvalue weighted by Crippen LogP contribution is -2.19. The van der Waals surface area contributed by atoms with E-state index in [2.05, 4.69) is 6.92 Å². The van der Waals surface area contributed by atoms with Crippen LogP contribution in [0, 0.1) is 0 Å². The molecule has 0 atom stereocenters. The Kier molecular flexibility index (Phi) is 17.4. The van der Waals surface area contributed by atoms with Crippen LogP contribution in [0.2, 0.25) is 0 Å². The summed E-state index contributed by atoms with van der Waals surface area (Å²) < 4.78 is 14.8. The van der Waals surface area contributed by atoms with Gasteiger partial charge in [-0.05, 0) is 12.8 Å². The minimum atomic E-state index is -0.445. The summed E-state index contributed by atoms with van der Waals surface area (Å²) in [6.07, 6.45) is 13.2. The second kappa shape index (κ2) is 18.2. The van der Waals surface area contributed by atoms with Crippen molar-refractivity contribution in [2.24, 2.45) is 0 Å². The van der Waals surface area contributed by atoms with E-state index in [1.807, 2.05) is 6.92 Å². The van der Waals surface area contributed by atoms with E-state index in [4.69, 9.17) is 14.2 Å². The Morgan fingerprint density at radius 2 is 1.04 bits per heavy atom. The molecule has 5 heteroatoms. The third kappa shape index (κ3) is 17.3. The summed E-state index contributed by atoms with van der Waals surface area (Å²) in [5.74, 6) is -0.867. The predicted octanol–water partition coefficient (Wildman–Crippen LogP) is 4.42. The van der Waals surface area contributed by atoms with Crippen LogP contribution in [-0.2, 0) is 23.8 Å². The van der Waals surface area contributed by atoms with Gasteiger partial charge in [0.1, 0.15) is 13.2 Å². The van der Waals surface area contributed by atoms with Crippen molar-refractivity contribution in [2.45, 2.75) is 84.5 Å². The van der Waals surface area contributed by atoms with Crippen LogP contribution >= 0.6 is 0 Å². The highest BCUT2D eigenvalue weighted by atomic mass is 16.6. The van der Waals surface area contributed by atoms with E-state index < -0.39 is 11.9 Å². The molecule has 0 unspecified atom stereocenters. The molecular formula is C19H36O5. The van der Waals surface area contributed by atoms with Crippen LogP contribution in [0.3, 0.4) is 0 Å². The van der Waals surface area contributed by atoms with Gasteiger partial charge in [-0.25, -0.2) is 9.59 Å². The van der Waals surface area contributed by atoms with Gasteiger partial charge in [0.15, 0.2) is 0 Å². The van der Waals surface area contributed by atoms with Gasteiger partial charge < -0.3 is 14.2 Å². The Morgan fingerprint density at radius 1 is 0.583 bits per heavy atom. The molecule has 0 rings (SSSR count). The Balaban J connectivity index is 3.24. The van der Waals surface area contributed by atoms with E-state index in [1.165, 1.54) is 51.4 Å².